The summed E-state index contributed by atoms with van der Waals surface area (Å²) in [6, 6.07) is 31.9. The molecule has 4 aromatic heterocycles. The molecule has 2 amide bonds. The largest absolute Gasteiger partial charge is 0.396 e. The number of fused-ring (bicyclic) bond motifs is 2. The molecule has 19 nitrogen and oxygen atoms in total. The van der Waals surface area contributed by atoms with Gasteiger partial charge in [-0.2, -0.15) is 29.2 Å². The van der Waals surface area contributed by atoms with Gasteiger partial charge in [0, 0.05) is 112 Å². The van der Waals surface area contributed by atoms with Crippen molar-refractivity contribution in [2.75, 3.05) is 68.0 Å². The Morgan fingerprint density at radius 2 is 1.06 bits per heavy atom. The van der Waals surface area contributed by atoms with Gasteiger partial charge in [-0.25, -0.2) is 4.98 Å². The average Bonchev–Trinajstić information content (AvgIpc) is 4.25. The van der Waals surface area contributed by atoms with Crippen molar-refractivity contribution in [3.63, 3.8) is 0 Å². The molecular formula is C63H73N15O4. The summed E-state index contributed by atoms with van der Waals surface area (Å²) in [5.41, 5.74) is 10.6. The standard InChI is InChI=1S/C32H37N7O2.C31H36N8O2/c1-4-22(3)34-25-14-12-24(13-15-25)32(41)36-27-10-8-9-26(19-27)35-30-20-29(37-31-23(5-2)21-33-39(30)31)38-17-7-6-11-28(38)16-18-40;1-4-21(3)33-24-14-12-23(13-15-24)29(41)34-25-9-8-10-26(19-25)35-31-37-30(36-28-22(5-2)20-32-39(28)31)38-17-7-6-11-27(38)16-18-40/h4,8-10,12-15,19-21,28,34-35,40H,1,3,5-7,11,16-18H2,2H3,(H,36,41);4,8-10,12-15,19-20,27,33,40H,1,3,5-7,11,16-18H2,2H3,(H,34,41)(H,35,36,37). The normalized spacial score (nSPS) is 15.0. The summed E-state index contributed by atoms with van der Waals surface area (Å²) in [7, 11) is 0. The molecule has 0 aliphatic carbocycles. The Balaban J connectivity index is 0.000000198. The van der Waals surface area contributed by atoms with E-state index in [2.05, 4.69) is 92.1 Å². The quantitative estimate of drug-likeness (QED) is 0.0295. The molecule has 2 unspecified atom stereocenters. The highest BCUT2D eigenvalue weighted by atomic mass is 16.3. The number of allylic oxidation sites excluding steroid dienone is 2. The Kier molecular flexibility index (Phi) is 19.0. The van der Waals surface area contributed by atoms with E-state index in [1.807, 2.05) is 95.8 Å². The number of aliphatic hydroxyl groups excluding tert-OH is 2. The number of hydrogen-bond donors (Lipinski definition) is 8. The van der Waals surface area contributed by atoms with Gasteiger partial charge in [0.1, 0.15) is 11.6 Å². The van der Waals surface area contributed by atoms with Crippen molar-refractivity contribution < 1.29 is 19.8 Å². The zero-order valence-corrected chi connectivity index (χ0v) is 46.7. The third-order valence-corrected chi connectivity index (χ3v) is 14.6. The van der Waals surface area contributed by atoms with Crippen LogP contribution in [0, 0.1) is 0 Å². The molecule has 2 aliphatic heterocycles. The molecule has 2 aliphatic rings. The van der Waals surface area contributed by atoms with E-state index in [0.717, 1.165) is 128 Å². The van der Waals surface area contributed by atoms with Crippen LogP contribution in [-0.4, -0.2) is 94.6 Å². The number of hydrogen-bond acceptors (Lipinski definition) is 15. The van der Waals surface area contributed by atoms with Gasteiger partial charge in [0.25, 0.3) is 11.8 Å². The Labute approximate surface area is 478 Å². The van der Waals surface area contributed by atoms with Gasteiger partial charge in [0.2, 0.25) is 11.9 Å². The molecule has 10 rings (SSSR count). The van der Waals surface area contributed by atoms with E-state index in [0.29, 0.717) is 52.2 Å². The minimum Gasteiger partial charge on any atom is -0.396 e. The van der Waals surface area contributed by atoms with Gasteiger partial charge >= 0.3 is 0 Å². The lowest BCUT2D eigenvalue weighted by molar-refractivity contribution is 0.101. The van der Waals surface area contributed by atoms with E-state index in [1.54, 1.807) is 40.9 Å². The van der Waals surface area contributed by atoms with Crippen LogP contribution in [0.4, 0.5) is 57.7 Å². The first kappa shape index (κ1) is 57.4. The number of carbonyl (C=O) groups excluding carboxylic acids is 2. The fraction of sp³-hybridized carbons (Fsp3) is 0.286. The second-order valence-electron chi connectivity index (χ2n) is 20.3. The van der Waals surface area contributed by atoms with Gasteiger partial charge in [-0.3, -0.25) is 9.59 Å². The minimum atomic E-state index is -0.220. The molecule has 0 radical (unpaired) electrons. The van der Waals surface area contributed by atoms with Crippen LogP contribution in [-0.2, 0) is 12.8 Å². The molecule has 2 fully saturated rings. The summed E-state index contributed by atoms with van der Waals surface area (Å²) in [5.74, 6) is 2.41. The summed E-state index contributed by atoms with van der Waals surface area (Å²) in [6.07, 6.45) is 16.5. The summed E-state index contributed by atoms with van der Waals surface area (Å²) in [4.78, 5) is 45.2. The monoisotopic (exact) mass is 1100 g/mol. The molecule has 19 heteroatoms. The van der Waals surface area contributed by atoms with Gasteiger partial charge in [0.05, 0.1) is 12.4 Å². The average molecular weight is 1100 g/mol. The Bertz CT molecular complexity index is 3320. The van der Waals surface area contributed by atoms with E-state index in [4.69, 9.17) is 15.0 Å². The summed E-state index contributed by atoms with van der Waals surface area (Å²) in [5, 5.41) is 47.5. The van der Waals surface area contributed by atoms with Crippen LogP contribution in [0.1, 0.15) is 97.1 Å². The first-order valence-electron chi connectivity index (χ1n) is 28.1. The maximum Gasteiger partial charge on any atom is 0.255 e. The highest BCUT2D eigenvalue weighted by Gasteiger charge is 2.28. The molecule has 424 valence electrons. The summed E-state index contributed by atoms with van der Waals surface area (Å²) in [6.45, 7) is 21.3. The Morgan fingerprint density at radius 1 is 0.573 bits per heavy atom. The van der Waals surface area contributed by atoms with E-state index >= 15 is 0 Å². The number of rotatable bonds is 22. The number of carbonyl (C=O) groups is 2. The zero-order valence-electron chi connectivity index (χ0n) is 46.7. The maximum absolute atomic E-state index is 13.0. The number of aliphatic hydroxyl groups is 2. The highest BCUT2D eigenvalue weighted by molar-refractivity contribution is 6.05. The third kappa shape index (κ3) is 14.0. The molecular weight excluding hydrogens is 1030 g/mol. The molecule has 6 heterocycles. The molecule has 0 saturated carbocycles. The van der Waals surface area contributed by atoms with Crippen LogP contribution in [0.3, 0.4) is 0 Å². The lowest BCUT2D eigenvalue weighted by Gasteiger charge is -2.36. The lowest BCUT2D eigenvalue weighted by atomic mass is 9.99. The van der Waals surface area contributed by atoms with E-state index in [9.17, 15) is 19.8 Å². The lowest BCUT2D eigenvalue weighted by Crippen LogP contribution is -2.41. The zero-order chi connectivity index (χ0) is 57.5. The number of benzene rings is 4. The minimum absolute atomic E-state index is 0.131. The summed E-state index contributed by atoms with van der Waals surface area (Å²) >= 11 is 0. The van der Waals surface area contributed by atoms with Crippen molar-refractivity contribution in [1.82, 2.24) is 34.2 Å². The second kappa shape index (κ2) is 27.2. The van der Waals surface area contributed by atoms with Crippen molar-refractivity contribution >= 4 is 80.8 Å². The fourth-order valence-electron chi connectivity index (χ4n) is 10.2. The van der Waals surface area contributed by atoms with Crippen LogP contribution >= 0.6 is 0 Å². The van der Waals surface area contributed by atoms with Crippen molar-refractivity contribution in [3.8, 4) is 0 Å². The number of nitrogens with zero attached hydrogens (tertiary/aromatic N) is 9. The van der Waals surface area contributed by atoms with Crippen molar-refractivity contribution in [2.45, 2.75) is 90.1 Å². The van der Waals surface area contributed by atoms with Crippen molar-refractivity contribution in [1.29, 1.82) is 0 Å². The van der Waals surface area contributed by atoms with Crippen molar-refractivity contribution in [3.05, 3.63) is 188 Å². The number of piperidine rings is 2. The fourth-order valence-corrected chi connectivity index (χ4v) is 10.2. The number of aryl methyl sites for hydroxylation is 2. The molecule has 4 aromatic carbocycles. The molecule has 8 N–H and O–H groups in total. The Morgan fingerprint density at radius 3 is 1.59 bits per heavy atom. The summed E-state index contributed by atoms with van der Waals surface area (Å²) < 4.78 is 3.55. The van der Waals surface area contributed by atoms with Gasteiger partial charge in [-0.05, 0) is 161 Å². The van der Waals surface area contributed by atoms with Crippen LogP contribution < -0.4 is 41.7 Å². The molecule has 82 heavy (non-hydrogen) atoms. The molecule has 8 aromatic rings. The van der Waals surface area contributed by atoms with E-state index < -0.39 is 0 Å². The van der Waals surface area contributed by atoms with Crippen LogP contribution in [0.5, 0.6) is 0 Å². The molecule has 2 saturated heterocycles. The number of anilines is 10. The van der Waals surface area contributed by atoms with Gasteiger partial charge < -0.3 is 51.9 Å². The van der Waals surface area contributed by atoms with Crippen molar-refractivity contribution in [2.24, 2.45) is 0 Å². The number of amides is 2. The van der Waals surface area contributed by atoms with E-state index in [1.165, 1.54) is 0 Å². The van der Waals surface area contributed by atoms with Gasteiger partial charge in [0.15, 0.2) is 11.3 Å². The molecule has 0 spiro atoms. The van der Waals surface area contributed by atoms with Gasteiger partial charge in [-0.15, -0.1) is 0 Å². The third-order valence-electron chi connectivity index (χ3n) is 14.6. The highest BCUT2D eigenvalue weighted by Crippen LogP contribution is 2.32. The number of aromatic nitrogens is 7. The van der Waals surface area contributed by atoms with Crippen LogP contribution in [0.15, 0.2) is 165 Å². The van der Waals surface area contributed by atoms with Crippen LogP contribution in [0.2, 0.25) is 0 Å². The number of nitrogens with one attached hydrogen (secondary N) is 6. The first-order valence-corrected chi connectivity index (χ1v) is 28.1. The van der Waals surface area contributed by atoms with E-state index in [-0.39, 0.29) is 37.1 Å². The maximum atomic E-state index is 13.0. The molecule has 0 bridgehead atoms. The van der Waals surface area contributed by atoms with Gasteiger partial charge in [-0.1, -0.05) is 52.3 Å². The SMILES string of the molecule is C=CC(=C)Nc1ccc(C(=O)Nc2cccc(Nc3cc(N4CCCCC4CCO)nc4c(CC)cnn34)c2)cc1.C=CC(=C)Nc1ccc(C(=O)Nc2cccc(Nc3nc(N4CCCCC4CCO)nc4c(CC)cnn34)c2)cc1. The second-order valence-corrected chi connectivity index (χ2v) is 20.3. The topological polar surface area (TPSA) is 227 Å². The van der Waals surface area contributed by atoms with Crippen LogP contribution in [0.25, 0.3) is 11.3 Å². The first-order chi connectivity index (χ1) is 40.0. The molecule has 2 atom stereocenters. The smallest absolute Gasteiger partial charge is 0.255 e. The predicted molar refractivity (Wildman–Crippen MR) is 330 cm³/mol. The predicted octanol–water partition coefficient (Wildman–Crippen LogP) is 11.7. The Hall–Kier alpha value is -9.33.